The number of nitrogens with zero attached hydrogens (tertiary/aromatic N) is 1. The van der Waals surface area contributed by atoms with Crippen LogP contribution in [0.2, 0.25) is 0 Å². The first-order valence-corrected chi connectivity index (χ1v) is 7.94. The molecule has 0 spiro atoms. The van der Waals surface area contributed by atoms with E-state index in [-0.39, 0.29) is 30.9 Å². The number of alkyl halides is 3. The average molecular weight is 405 g/mol. The first-order chi connectivity index (χ1) is 10.9. The predicted molar refractivity (Wildman–Crippen MR) is 92.1 cm³/mol. The molecule has 1 aliphatic carbocycles. The third kappa shape index (κ3) is 5.61. The summed E-state index contributed by atoms with van der Waals surface area (Å²) in [5.74, 6) is -1.28. The summed E-state index contributed by atoms with van der Waals surface area (Å²) in [6, 6.07) is 3.92. The van der Waals surface area contributed by atoms with Gasteiger partial charge in [-0.3, -0.25) is 4.90 Å². The Morgan fingerprint density at radius 2 is 1.76 bits per heavy atom. The molecule has 0 radical (unpaired) electrons. The van der Waals surface area contributed by atoms with Crippen molar-refractivity contribution in [2.24, 2.45) is 5.92 Å². The highest BCUT2D eigenvalue weighted by Gasteiger charge is 2.35. The Labute approximate surface area is 156 Å². The van der Waals surface area contributed by atoms with E-state index in [0.29, 0.717) is 5.92 Å². The van der Waals surface area contributed by atoms with Crippen LogP contribution in [-0.2, 0) is 0 Å². The van der Waals surface area contributed by atoms with Crippen LogP contribution in [0.5, 0.6) is 5.75 Å². The van der Waals surface area contributed by atoms with E-state index in [9.17, 15) is 17.6 Å². The lowest BCUT2D eigenvalue weighted by atomic mass is 9.76. The number of piperazine rings is 1. The van der Waals surface area contributed by atoms with Crippen molar-refractivity contribution in [2.45, 2.75) is 31.7 Å². The maximum Gasteiger partial charge on any atom is 0.573 e. The van der Waals surface area contributed by atoms with Crippen molar-refractivity contribution < 1.29 is 22.3 Å². The van der Waals surface area contributed by atoms with Gasteiger partial charge in [0.15, 0.2) is 11.6 Å². The van der Waals surface area contributed by atoms with E-state index < -0.39 is 17.9 Å². The fraction of sp³-hybridized carbons (Fsp3) is 0.625. The number of hydrogen-bond acceptors (Lipinski definition) is 3. The van der Waals surface area contributed by atoms with Crippen LogP contribution in [-0.4, -0.2) is 37.4 Å². The monoisotopic (exact) mass is 404 g/mol. The van der Waals surface area contributed by atoms with Crippen molar-refractivity contribution in [3.8, 4) is 5.75 Å². The van der Waals surface area contributed by atoms with Gasteiger partial charge in [0.25, 0.3) is 0 Å². The van der Waals surface area contributed by atoms with Gasteiger partial charge in [-0.25, -0.2) is 4.39 Å². The summed E-state index contributed by atoms with van der Waals surface area (Å²) in [6.45, 7) is 3.48. The van der Waals surface area contributed by atoms with Crippen LogP contribution in [0, 0.1) is 11.7 Å². The molecule has 0 unspecified atom stereocenters. The molecule has 25 heavy (non-hydrogen) atoms. The van der Waals surface area contributed by atoms with E-state index in [0.717, 1.165) is 57.1 Å². The van der Waals surface area contributed by atoms with Gasteiger partial charge in [-0.2, -0.15) is 0 Å². The van der Waals surface area contributed by atoms with Gasteiger partial charge in [-0.15, -0.1) is 38.0 Å². The molecule has 1 aromatic rings. The Kier molecular flexibility index (Phi) is 8.25. The minimum atomic E-state index is -4.88. The molecule has 1 N–H and O–H groups in total. The van der Waals surface area contributed by atoms with Crippen LogP contribution in [0.3, 0.4) is 0 Å². The lowest BCUT2D eigenvalue weighted by molar-refractivity contribution is -0.275. The number of ether oxygens (including phenoxy) is 1. The maximum absolute atomic E-state index is 14.0. The van der Waals surface area contributed by atoms with Gasteiger partial charge < -0.3 is 10.1 Å². The molecule has 2 aliphatic rings. The Morgan fingerprint density at radius 1 is 1.12 bits per heavy atom. The zero-order valence-electron chi connectivity index (χ0n) is 13.5. The van der Waals surface area contributed by atoms with Crippen molar-refractivity contribution in [3.05, 3.63) is 29.6 Å². The minimum absolute atomic E-state index is 0. The highest BCUT2D eigenvalue weighted by atomic mass is 35.5. The van der Waals surface area contributed by atoms with Gasteiger partial charge in [0.05, 0.1) is 0 Å². The summed E-state index contributed by atoms with van der Waals surface area (Å²) in [6.07, 6.45) is -1.56. The van der Waals surface area contributed by atoms with E-state index >= 15 is 0 Å². The molecule has 2 fully saturated rings. The first-order valence-electron chi connectivity index (χ1n) is 7.94. The molecular formula is C16H22Cl2F4N2O. The largest absolute Gasteiger partial charge is 0.573 e. The SMILES string of the molecule is Cl.Cl.Fc1cc([C@@H](C2CCC2)N2CCNCC2)ccc1OC(F)(F)F. The molecule has 0 bridgehead atoms. The second-order valence-electron chi connectivity index (χ2n) is 6.16. The zero-order chi connectivity index (χ0) is 16.4. The molecule has 3 nitrogen and oxygen atoms in total. The highest BCUT2D eigenvalue weighted by molar-refractivity contribution is 5.85. The van der Waals surface area contributed by atoms with Crippen molar-refractivity contribution in [1.82, 2.24) is 10.2 Å². The number of nitrogens with one attached hydrogen (secondary N) is 1. The van der Waals surface area contributed by atoms with Crippen molar-refractivity contribution >= 4 is 24.8 Å². The van der Waals surface area contributed by atoms with Gasteiger partial charge in [-0.1, -0.05) is 12.5 Å². The topological polar surface area (TPSA) is 24.5 Å². The van der Waals surface area contributed by atoms with Gasteiger partial charge >= 0.3 is 6.36 Å². The summed E-state index contributed by atoms with van der Waals surface area (Å²) in [4.78, 5) is 2.30. The normalized spacial score (nSPS) is 20.0. The smallest absolute Gasteiger partial charge is 0.403 e. The lowest BCUT2D eigenvalue weighted by Crippen LogP contribution is -2.47. The molecule has 1 saturated carbocycles. The fourth-order valence-corrected chi connectivity index (χ4v) is 3.41. The second-order valence-corrected chi connectivity index (χ2v) is 6.16. The number of benzene rings is 1. The summed E-state index contributed by atoms with van der Waals surface area (Å²) >= 11 is 0. The highest BCUT2D eigenvalue weighted by Crippen LogP contribution is 2.42. The Hall–Kier alpha value is -0.760. The van der Waals surface area contributed by atoms with E-state index in [1.165, 1.54) is 6.07 Å². The van der Waals surface area contributed by atoms with Crippen molar-refractivity contribution in [2.75, 3.05) is 26.2 Å². The van der Waals surface area contributed by atoms with Crippen molar-refractivity contribution in [3.63, 3.8) is 0 Å². The Bertz CT molecular complexity index is 549. The minimum Gasteiger partial charge on any atom is -0.403 e. The number of rotatable bonds is 4. The van der Waals surface area contributed by atoms with E-state index in [4.69, 9.17) is 0 Å². The molecule has 1 atom stereocenters. The lowest BCUT2D eigenvalue weighted by Gasteiger charge is -2.43. The van der Waals surface area contributed by atoms with Crippen LogP contribution in [0.15, 0.2) is 18.2 Å². The quantitative estimate of drug-likeness (QED) is 0.756. The van der Waals surface area contributed by atoms with Gasteiger partial charge in [0, 0.05) is 32.2 Å². The number of hydrogen-bond donors (Lipinski definition) is 1. The molecule has 1 heterocycles. The standard InChI is InChI=1S/C16H20F4N2O.2ClH/c17-13-10-12(4-5-14(13)23-16(18,19)20)15(11-2-1-3-11)22-8-6-21-7-9-22;;/h4-5,10-11,15,21H,1-3,6-9H2;2*1H/t15-;;/m1../s1. The van der Waals surface area contributed by atoms with Crippen LogP contribution in [0.4, 0.5) is 17.6 Å². The molecule has 9 heteroatoms. The third-order valence-electron chi connectivity index (χ3n) is 4.66. The molecule has 1 aliphatic heterocycles. The Morgan fingerprint density at radius 3 is 2.24 bits per heavy atom. The van der Waals surface area contributed by atoms with Crippen LogP contribution in [0.1, 0.15) is 30.9 Å². The summed E-state index contributed by atoms with van der Waals surface area (Å²) in [5, 5.41) is 3.28. The molecule has 0 amide bonds. The molecular weight excluding hydrogens is 383 g/mol. The average Bonchev–Trinajstić information content (AvgIpc) is 2.44. The summed E-state index contributed by atoms with van der Waals surface area (Å²) < 4.78 is 54.5. The summed E-state index contributed by atoms with van der Waals surface area (Å²) in [5.41, 5.74) is 0.739. The maximum atomic E-state index is 14.0. The molecule has 0 aromatic heterocycles. The van der Waals surface area contributed by atoms with Crippen LogP contribution in [0.25, 0.3) is 0 Å². The summed E-state index contributed by atoms with van der Waals surface area (Å²) in [7, 11) is 0. The van der Waals surface area contributed by atoms with Gasteiger partial charge in [0.1, 0.15) is 0 Å². The molecule has 1 saturated heterocycles. The van der Waals surface area contributed by atoms with Crippen LogP contribution < -0.4 is 10.1 Å². The van der Waals surface area contributed by atoms with E-state index in [1.54, 1.807) is 6.07 Å². The zero-order valence-corrected chi connectivity index (χ0v) is 15.2. The van der Waals surface area contributed by atoms with Crippen molar-refractivity contribution in [1.29, 1.82) is 0 Å². The molecule has 3 rings (SSSR count). The number of halogens is 6. The fourth-order valence-electron chi connectivity index (χ4n) is 3.41. The van der Waals surface area contributed by atoms with E-state index in [1.807, 2.05) is 0 Å². The first kappa shape index (κ1) is 22.3. The Balaban J connectivity index is 0.00000156. The third-order valence-corrected chi connectivity index (χ3v) is 4.66. The van der Waals surface area contributed by atoms with Gasteiger partial charge in [-0.05, 0) is 36.5 Å². The molecule has 144 valence electrons. The van der Waals surface area contributed by atoms with Crippen LogP contribution >= 0.6 is 24.8 Å². The second kappa shape index (κ2) is 9.26. The van der Waals surface area contributed by atoms with Gasteiger partial charge in [0.2, 0.25) is 0 Å². The molecule has 1 aromatic carbocycles. The predicted octanol–water partition coefficient (Wildman–Crippen LogP) is 4.31. The van der Waals surface area contributed by atoms with E-state index in [2.05, 4.69) is 15.0 Å².